The first-order chi connectivity index (χ1) is 7.02. The average molecular weight is 211 g/mol. The Labute approximate surface area is 89.1 Å². The lowest BCUT2D eigenvalue weighted by Crippen LogP contribution is -2.37. The minimum absolute atomic E-state index is 0.462. The molecule has 0 saturated carbocycles. The highest BCUT2D eigenvalue weighted by atomic mass is 16.4. The summed E-state index contributed by atoms with van der Waals surface area (Å²) < 4.78 is 1.81. The van der Waals surface area contributed by atoms with Gasteiger partial charge >= 0.3 is 5.97 Å². The predicted molar refractivity (Wildman–Crippen MR) is 56.5 cm³/mol. The summed E-state index contributed by atoms with van der Waals surface area (Å²) in [5.74, 6) is -0.783. The standard InChI is InChI=1S/C10H17N3O2/c1-10(2,9(14)15)8-11-5-7-13-6-3-4-12-13/h3-4,6,11H,5,7-8H2,1-2H3,(H,14,15). The Morgan fingerprint density at radius 1 is 1.60 bits per heavy atom. The summed E-state index contributed by atoms with van der Waals surface area (Å²) in [7, 11) is 0. The van der Waals surface area contributed by atoms with Gasteiger partial charge in [0.2, 0.25) is 0 Å². The Morgan fingerprint density at radius 2 is 2.33 bits per heavy atom. The number of rotatable bonds is 6. The van der Waals surface area contributed by atoms with Crippen LogP contribution in [0.25, 0.3) is 0 Å². The van der Waals surface area contributed by atoms with Crippen LogP contribution in [0, 0.1) is 5.41 Å². The van der Waals surface area contributed by atoms with Crippen molar-refractivity contribution < 1.29 is 9.90 Å². The van der Waals surface area contributed by atoms with Crippen molar-refractivity contribution >= 4 is 5.97 Å². The van der Waals surface area contributed by atoms with E-state index in [-0.39, 0.29) is 0 Å². The first kappa shape index (κ1) is 11.7. The molecule has 0 saturated heterocycles. The van der Waals surface area contributed by atoms with E-state index in [0.29, 0.717) is 6.54 Å². The minimum Gasteiger partial charge on any atom is -0.481 e. The van der Waals surface area contributed by atoms with Crippen LogP contribution in [0.3, 0.4) is 0 Å². The van der Waals surface area contributed by atoms with Crippen LogP contribution < -0.4 is 5.32 Å². The molecule has 1 aromatic rings. The lowest BCUT2D eigenvalue weighted by molar-refractivity contribution is -0.146. The number of carbonyl (C=O) groups is 1. The van der Waals surface area contributed by atoms with Gasteiger partial charge < -0.3 is 10.4 Å². The molecule has 5 heteroatoms. The number of carboxylic acid groups (broad SMARTS) is 1. The van der Waals surface area contributed by atoms with E-state index in [2.05, 4.69) is 10.4 Å². The Balaban J connectivity index is 2.19. The largest absolute Gasteiger partial charge is 0.481 e. The van der Waals surface area contributed by atoms with Gasteiger partial charge in [0.25, 0.3) is 0 Å². The number of hydrogen-bond donors (Lipinski definition) is 2. The van der Waals surface area contributed by atoms with E-state index in [1.807, 2.05) is 12.3 Å². The smallest absolute Gasteiger partial charge is 0.310 e. The molecule has 0 aliphatic heterocycles. The van der Waals surface area contributed by atoms with E-state index in [1.165, 1.54) is 0 Å². The molecule has 0 atom stereocenters. The second-order valence-electron chi connectivity index (χ2n) is 4.13. The fourth-order valence-electron chi connectivity index (χ4n) is 1.10. The molecule has 15 heavy (non-hydrogen) atoms. The molecule has 1 aromatic heterocycles. The molecular formula is C10H17N3O2. The van der Waals surface area contributed by atoms with E-state index in [9.17, 15) is 4.79 Å². The Bertz CT molecular complexity index is 306. The van der Waals surface area contributed by atoms with Gasteiger partial charge in [0, 0.05) is 25.5 Å². The summed E-state index contributed by atoms with van der Waals surface area (Å²) in [6, 6.07) is 1.86. The molecule has 0 aliphatic rings. The summed E-state index contributed by atoms with van der Waals surface area (Å²) in [4.78, 5) is 10.8. The van der Waals surface area contributed by atoms with Gasteiger partial charge in [-0.2, -0.15) is 5.10 Å². The summed E-state index contributed by atoms with van der Waals surface area (Å²) in [5.41, 5.74) is -0.718. The van der Waals surface area contributed by atoms with Crippen LogP contribution in [-0.4, -0.2) is 33.9 Å². The van der Waals surface area contributed by atoms with Crippen LogP contribution in [-0.2, 0) is 11.3 Å². The molecule has 0 aliphatic carbocycles. The van der Waals surface area contributed by atoms with Crippen molar-refractivity contribution in [1.82, 2.24) is 15.1 Å². The van der Waals surface area contributed by atoms with Gasteiger partial charge in [0.1, 0.15) is 0 Å². The fourth-order valence-corrected chi connectivity index (χ4v) is 1.10. The number of nitrogens with one attached hydrogen (secondary N) is 1. The van der Waals surface area contributed by atoms with Crippen molar-refractivity contribution in [1.29, 1.82) is 0 Å². The first-order valence-electron chi connectivity index (χ1n) is 4.94. The zero-order chi connectivity index (χ0) is 11.3. The third kappa shape index (κ3) is 3.71. The van der Waals surface area contributed by atoms with Crippen LogP contribution in [0.1, 0.15) is 13.8 Å². The van der Waals surface area contributed by atoms with Gasteiger partial charge in [0.15, 0.2) is 0 Å². The maximum atomic E-state index is 10.8. The summed E-state index contributed by atoms with van der Waals surface area (Å²) >= 11 is 0. The van der Waals surface area contributed by atoms with Crippen molar-refractivity contribution in [3.8, 4) is 0 Å². The van der Waals surface area contributed by atoms with Crippen LogP contribution in [0.2, 0.25) is 0 Å². The summed E-state index contributed by atoms with van der Waals surface area (Å²) in [6.07, 6.45) is 3.60. The Kier molecular flexibility index (Phi) is 3.85. The topological polar surface area (TPSA) is 67.2 Å². The number of nitrogens with zero attached hydrogens (tertiary/aromatic N) is 2. The first-order valence-corrected chi connectivity index (χ1v) is 4.94. The molecule has 0 spiro atoms. The van der Waals surface area contributed by atoms with E-state index in [0.717, 1.165) is 13.1 Å². The maximum Gasteiger partial charge on any atom is 0.310 e. The van der Waals surface area contributed by atoms with Crippen molar-refractivity contribution in [2.75, 3.05) is 13.1 Å². The molecule has 0 radical (unpaired) electrons. The molecule has 0 unspecified atom stereocenters. The number of aliphatic carboxylic acids is 1. The molecule has 0 amide bonds. The molecule has 1 heterocycles. The Morgan fingerprint density at radius 3 is 2.87 bits per heavy atom. The van der Waals surface area contributed by atoms with Crippen LogP contribution in [0.15, 0.2) is 18.5 Å². The zero-order valence-electron chi connectivity index (χ0n) is 9.10. The monoisotopic (exact) mass is 211 g/mol. The van der Waals surface area contributed by atoms with Gasteiger partial charge in [-0.05, 0) is 19.9 Å². The van der Waals surface area contributed by atoms with Gasteiger partial charge in [-0.15, -0.1) is 0 Å². The lowest BCUT2D eigenvalue weighted by atomic mass is 9.94. The summed E-state index contributed by atoms with van der Waals surface area (Å²) in [5, 5.41) is 16.0. The van der Waals surface area contributed by atoms with Gasteiger partial charge in [-0.25, -0.2) is 0 Å². The molecule has 84 valence electrons. The normalized spacial score (nSPS) is 11.6. The predicted octanol–water partition coefficient (Wildman–Crippen LogP) is 0.583. The second-order valence-corrected chi connectivity index (χ2v) is 4.13. The molecule has 1 rings (SSSR count). The molecule has 2 N–H and O–H groups in total. The third-order valence-electron chi connectivity index (χ3n) is 2.22. The van der Waals surface area contributed by atoms with Crippen LogP contribution in [0.5, 0.6) is 0 Å². The fraction of sp³-hybridized carbons (Fsp3) is 0.600. The van der Waals surface area contributed by atoms with Gasteiger partial charge in [-0.3, -0.25) is 9.48 Å². The molecule has 0 bridgehead atoms. The quantitative estimate of drug-likeness (QED) is 0.676. The SMILES string of the molecule is CC(C)(CNCCn1cccn1)C(=O)O. The highest BCUT2D eigenvalue weighted by molar-refractivity contribution is 5.73. The zero-order valence-corrected chi connectivity index (χ0v) is 9.10. The second kappa shape index (κ2) is 4.93. The number of hydrogen-bond acceptors (Lipinski definition) is 3. The van der Waals surface area contributed by atoms with E-state index < -0.39 is 11.4 Å². The van der Waals surface area contributed by atoms with Crippen molar-refractivity contribution in [2.24, 2.45) is 5.41 Å². The highest BCUT2D eigenvalue weighted by Gasteiger charge is 2.26. The van der Waals surface area contributed by atoms with Crippen LogP contribution in [0.4, 0.5) is 0 Å². The summed E-state index contributed by atoms with van der Waals surface area (Å²) in [6.45, 7) is 5.34. The van der Waals surface area contributed by atoms with E-state index in [1.54, 1.807) is 24.7 Å². The van der Waals surface area contributed by atoms with Crippen molar-refractivity contribution in [3.05, 3.63) is 18.5 Å². The molecule has 0 fully saturated rings. The molecular weight excluding hydrogens is 194 g/mol. The van der Waals surface area contributed by atoms with Gasteiger partial charge in [0.05, 0.1) is 12.0 Å². The van der Waals surface area contributed by atoms with Crippen molar-refractivity contribution in [3.63, 3.8) is 0 Å². The maximum absolute atomic E-state index is 10.8. The van der Waals surface area contributed by atoms with Crippen molar-refractivity contribution in [2.45, 2.75) is 20.4 Å². The Hall–Kier alpha value is -1.36. The van der Waals surface area contributed by atoms with E-state index >= 15 is 0 Å². The van der Waals surface area contributed by atoms with Crippen LogP contribution >= 0.6 is 0 Å². The third-order valence-corrected chi connectivity index (χ3v) is 2.22. The number of carboxylic acids is 1. The van der Waals surface area contributed by atoms with E-state index in [4.69, 9.17) is 5.11 Å². The number of aromatic nitrogens is 2. The minimum atomic E-state index is -0.783. The average Bonchev–Trinajstić information content (AvgIpc) is 2.64. The van der Waals surface area contributed by atoms with Gasteiger partial charge in [-0.1, -0.05) is 0 Å². The lowest BCUT2D eigenvalue weighted by Gasteiger charge is -2.19. The molecule has 0 aromatic carbocycles. The molecule has 5 nitrogen and oxygen atoms in total. The highest BCUT2D eigenvalue weighted by Crippen LogP contribution is 2.12.